The Balaban J connectivity index is 1.69. The zero-order chi connectivity index (χ0) is 15.5. The van der Waals surface area contributed by atoms with Crippen molar-refractivity contribution in [3.63, 3.8) is 0 Å². The van der Waals surface area contributed by atoms with E-state index in [1.54, 1.807) is 6.07 Å². The monoisotopic (exact) mass is 331 g/mol. The lowest BCUT2D eigenvalue weighted by atomic mass is 10.2. The third-order valence-electron chi connectivity index (χ3n) is 3.89. The van der Waals surface area contributed by atoms with Gasteiger partial charge in [0.25, 0.3) is 0 Å². The molecule has 0 spiro atoms. The predicted octanol–water partition coefficient (Wildman–Crippen LogP) is 4.19. The van der Waals surface area contributed by atoms with Crippen molar-refractivity contribution in [3.8, 4) is 6.07 Å². The SMILES string of the molecule is N#Cc1ccc(N2CCN(c3cccc(Cl)c3)CC2)cc1Cl. The molecule has 0 bridgehead atoms. The van der Waals surface area contributed by atoms with Gasteiger partial charge < -0.3 is 9.80 Å². The Labute approximate surface area is 140 Å². The van der Waals surface area contributed by atoms with Crippen molar-refractivity contribution in [2.75, 3.05) is 36.0 Å². The zero-order valence-corrected chi connectivity index (χ0v) is 13.5. The highest BCUT2D eigenvalue weighted by molar-refractivity contribution is 6.32. The first-order valence-corrected chi connectivity index (χ1v) is 7.88. The van der Waals surface area contributed by atoms with Gasteiger partial charge in [-0.05, 0) is 36.4 Å². The predicted molar refractivity (Wildman–Crippen MR) is 92.0 cm³/mol. The van der Waals surface area contributed by atoms with E-state index in [0.29, 0.717) is 10.6 Å². The van der Waals surface area contributed by atoms with Gasteiger partial charge in [-0.2, -0.15) is 5.26 Å². The normalized spacial score (nSPS) is 14.8. The molecule has 0 radical (unpaired) electrons. The van der Waals surface area contributed by atoms with Crippen molar-refractivity contribution < 1.29 is 0 Å². The Bertz CT molecular complexity index is 716. The van der Waals surface area contributed by atoms with Crippen LogP contribution in [0, 0.1) is 11.3 Å². The van der Waals surface area contributed by atoms with Crippen LogP contribution in [0.4, 0.5) is 11.4 Å². The summed E-state index contributed by atoms with van der Waals surface area (Å²) >= 11 is 12.2. The highest BCUT2D eigenvalue weighted by Gasteiger charge is 2.18. The van der Waals surface area contributed by atoms with Gasteiger partial charge in [-0.3, -0.25) is 0 Å². The number of piperazine rings is 1. The topological polar surface area (TPSA) is 30.3 Å². The molecule has 0 N–H and O–H groups in total. The summed E-state index contributed by atoms with van der Waals surface area (Å²) in [7, 11) is 0. The standard InChI is InChI=1S/C17H15Cl2N3/c18-14-2-1-3-15(10-14)21-6-8-22(9-7-21)16-5-4-13(12-20)17(19)11-16/h1-5,10-11H,6-9H2. The first-order valence-electron chi connectivity index (χ1n) is 7.12. The smallest absolute Gasteiger partial charge is 0.101 e. The minimum Gasteiger partial charge on any atom is -0.368 e. The number of halogens is 2. The minimum atomic E-state index is 0.511. The van der Waals surface area contributed by atoms with Crippen LogP contribution in [0.5, 0.6) is 0 Å². The van der Waals surface area contributed by atoms with E-state index in [1.807, 2.05) is 30.3 Å². The van der Waals surface area contributed by atoms with Crippen molar-refractivity contribution in [1.29, 1.82) is 5.26 Å². The van der Waals surface area contributed by atoms with E-state index in [9.17, 15) is 0 Å². The molecule has 1 heterocycles. The molecule has 0 atom stereocenters. The first-order chi connectivity index (χ1) is 10.7. The van der Waals surface area contributed by atoms with Gasteiger partial charge in [-0.15, -0.1) is 0 Å². The molecule has 3 nitrogen and oxygen atoms in total. The molecule has 112 valence electrons. The van der Waals surface area contributed by atoms with Gasteiger partial charge in [0, 0.05) is 42.6 Å². The average molecular weight is 332 g/mol. The maximum absolute atomic E-state index is 8.94. The fraction of sp³-hybridized carbons (Fsp3) is 0.235. The third-order valence-corrected chi connectivity index (χ3v) is 4.44. The first kappa shape index (κ1) is 15.0. The Kier molecular flexibility index (Phi) is 4.42. The number of benzene rings is 2. The van der Waals surface area contributed by atoms with Crippen LogP contribution in [0.2, 0.25) is 10.0 Å². The molecule has 0 aromatic heterocycles. The lowest BCUT2D eigenvalue weighted by Crippen LogP contribution is -2.46. The van der Waals surface area contributed by atoms with Crippen molar-refractivity contribution in [3.05, 3.63) is 58.1 Å². The van der Waals surface area contributed by atoms with Crippen LogP contribution in [0.25, 0.3) is 0 Å². The molecule has 3 rings (SSSR count). The van der Waals surface area contributed by atoms with Gasteiger partial charge in [0.1, 0.15) is 6.07 Å². The molecular weight excluding hydrogens is 317 g/mol. The molecule has 1 aliphatic rings. The van der Waals surface area contributed by atoms with Gasteiger partial charge in [0.15, 0.2) is 0 Å². The van der Waals surface area contributed by atoms with Gasteiger partial charge >= 0.3 is 0 Å². The van der Waals surface area contributed by atoms with Crippen LogP contribution in [0.1, 0.15) is 5.56 Å². The van der Waals surface area contributed by atoms with Crippen LogP contribution in [0.3, 0.4) is 0 Å². The number of nitrogens with zero attached hydrogens (tertiary/aromatic N) is 3. The number of nitriles is 1. The summed E-state index contributed by atoms with van der Waals surface area (Å²) in [4.78, 5) is 4.61. The molecule has 0 saturated carbocycles. The summed E-state index contributed by atoms with van der Waals surface area (Å²) in [5, 5.41) is 10.2. The molecule has 0 unspecified atom stereocenters. The van der Waals surface area contributed by atoms with Crippen molar-refractivity contribution in [2.24, 2.45) is 0 Å². The van der Waals surface area contributed by atoms with Gasteiger partial charge in [-0.25, -0.2) is 0 Å². The van der Waals surface area contributed by atoms with E-state index >= 15 is 0 Å². The highest BCUT2D eigenvalue weighted by Crippen LogP contribution is 2.26. The quantitative estimate of drug-likeness (QED) is 0.826. The molecule has 1 fully saturated rings. The van der Waals surface area contributed by atoms with Crippen molar-refractivity contribution >= 4 is 34.6 Å². The minimum absolute atomic E-state index is 0.511. The lowest BCUT2D eigenvalue weighted by Gasteiger charge is -2.37. The van der Waals surface area contributed by atoms with Crippen LogP contribution < -0.4 is 9.80 Å². The molecule has 0 amide bonds. The van der Waals surface area contributed by atoms with E-state index in [4.69, 9.17) is 28.5 Å². The van der Waals surface area contributed by atoms with Gasteiger partial charge in [0.2, 0.25) is 0 Å². The Hall–Kier alpha value is -1.89. The Morgan fingerprint density at radius 2 is 1.50 bits per heavy atom. The Morgan fingerprint density at radius 1 is 0.864 bits per heavy atom. The lowest BCUT2D eigenvalue weighted by molar-refractivity contribution is 0.653. The molecule has 22 heavy (non-hydrogen) atoms. The van der Waals surface area contributed by atoms with Crippen LogP contribution in [-0.2, 0) is 0 Å². The van der Waals surface area contributed by atoms with Crippen LogP contribution in [-0.4, -0.2) is 26.2 Å². The molecule has 0 aliphatic carbocycles. The van der Waals surface area contributed by atoms with Gasteiger partial charge in [-0.1, -0.05) is 29.3 Å². The zero-order valence-electron chi connectivity index (χ0n) is 12.0. The molecule has 2 aromatic carbocycles. The summed E-state index contributed by atoms with van der Waals surface area (Å²) < 4.78 is 0. The number of hydrogen-bond acceptors (Lipinski definition) is 3. The Morgan fingerprint density at radius 3 is 2.05 bits per heavy atom. The van der Waals surface area contributed by atoms with Crippen molar-refractivity contribution in [1.82, 2.24) is 0 Å². The maximum Gasteiger partial charge on any atom is 0.101 e. The maximum atomic E-state index is 8.94. The third kappa shape index (κ3) is 3.14. The fourth-order valence-electron chi connectivity index (χ4n) is 2.69. The number of anilines is 2. The van der Waals surface area contributed by atoms with E-state index in [2.05, 4.69) is 21.9 Å². The van der Waals surface area contributed by atoms with E-state index in [0.717, 1.165) is 42.6 Å². The largest absolute Gasteiger partial charge is 0.368 e. The second-order valence-corrected chi connectivity index (χ2v) is 6.07. The van der Waals surface area contributed by atoms with E-state index < -0.39 is 0 Å². The van der Waals surface area contributed by atoms with Crippen LogP contribution in [0.15, 0.2) is 42.5 Å². The second-order valence-electron chi connectivity index (χ2n) is 5.23. The molecule has 2 aromatic rings. The molecule has 5 heteroatoms. The summed E-state index contributed by atoms with van der Waals surface area (Å²) in [6.07, 6.45) is 0. The van der Waals surface area contributed by atoms with E-state index in [-0.39, 0.29) is 0 Å². The average Bonchev–Trinajstić information content (AvgIpc) is 2.55. The number of hydrogen-bond donors (Lipinski definition) is 0. The summed E-state index contributed by atoms with van der Waals surface area (Å²) in [6.45, 7) is 3.68. The second kappa shape index (κ2) is 6.48. The molecule has 1 aliphatic heterocycles. The summed E-state index contributed by atoms with van der Waals surface area (Å²) in [5.41, 5.74) is 2.74. The van der Waals surface area contributed by atoms with Crippen molar-refractivity contribution in [2.45, 2.75) is 0 Å². The fourth-order valence-corrected chi connectivity index (χ4v) is 3.09. The highest BCUT2D eigenvalue weighted by atomic mass is 35.5. The van der Waals surface area contributed by atoms with E-state index in [1.165, 1.54) is 0 Å². The summed E-state index contributed by atoms with van der Waals surface area (Å²) in [6, 6.07) is 15.6. The van der Waals surface area contributed by atoms with Crippen LogP contribution >= 0.6 is 23.2 Å². The number of rotatable bonds is 2. The molecule has 1 saturated heterocycles. The molecular formula is C17H15Cl2N3. The van der Waals surface area contributed by atoms with Gasteiger partial charge in [0.05, 0.1) is 10.6 Å². The summed E-state index contributed by atoms with van der Waals surface area (Å²) in [5.74, 6) is 0.